The maximum atomic E-state index is 13.6. The Bertz CT molecular complexity index is 642. The van der Waals surface area contributed by atoms with E-state index in [2.05, 4.69) is 10.6 Å². The van der Waals surface area contributed by atoms with E-state index in [0.717, 1.165) is 19.3 Å². The first-order chi connectivity index (χ1) is 12.0. The number of hydrogen-bond acceptors (Lipinski definition) is 4. The van der Waals surface area contributed by atoms with Crippen LogP contribution in [0.25, 0.3) is 0 Å². The minimum absolute atomic E-state index is 0.415. The Morgan fingerprint density at radius 3 is 2.60 bits per heavy atom. The van der Waals surface area contributed by atoms with Crippen LogP contribution >= 0.6 is 0 Å². The number of carbonyl (C=O) groups is 3. The van der Waals surface area contributed by atoms with E-state index in [4.69, 9.17) is 4.74 Å². The molecule has 0 aliphatic heterocycles. The van der Waals surface area contributed by atoms with E-state index in [1.54, 1.807) is 12.1 Å². The van der Waals surface area contributed by atoms with Crippen LogP contribution in [0.1, 0.15) is 44.6 Å². The third-order valence-electron chi connectivity index (χ3n) is 4.35. The zero-order valence-corrected chi connectivity index (χ0v) is 14.3. The molecule has 0 aromatic heterocycles. The SMILES string of the molecule is CCCNC(=O)NC(=O)COC(=O)C1(c2cccc(F)c2)CCCC1. The van der Waals surface area contributed by atoms with Gasteiger partial charge in [0.05, 0.1) is 5.41 Å². The van der Waals surface area contributed by atoms with E-state index in [1.165, 1.54) is 12.1 Å². The quantitative estimate of drug-likeness (QED) is 0.772. The Morgan fingerprint density at radius 2 is 1.96 bits per heavy atom. The van der Waals surface area contributed by atoms with Crippen molar-refractivity contribution in [1.82, 2.24) is 10.6 Å². The second-order valence-electron chi connectivity index (χ2n) is 6.18. The number of amides is 3. The lowest BCUT2D eigenvalue weighted by atomic mass is 9.79. The number of esters is 1. The molecule has 0 saturated heterocycles. The van der Waals surface area contributed by atoms with Crippen LogP contribution < -0.4 is 10.6 Å². The first-order valence-electron chi connectivity index (χ1n) is 8.49. The molecule has 25 heavy (non-hydrogen) atoms. The molecule has 0 unspecified atom stereocenters. The molecule has 0 spiro atoms. The molecule has 1 saturated carbocycles. The fourth-order valence-corrected chi connectivity index (χ4v) is 3.09. The molecule has 0 atom stereocenters. The summed E-state index contributed by atoms with van der Waals surface area (Å²) in [5.74, 6) is -1.67. The van der Waals surface area contributed by atoms with Crippen LogP contribution in [-0.2, 0) is 19.7 Å². The number of imide groups is 1. The van der Waals surface area contributed by atoms with Crippen LogP contribution in [-0.4, -0.2) is 31.1 Å². The average Bonchev–Trinajstić information content (AvgIpc) is 3.09. The molecule has 2 N–H and O–H groups in total. The summed E-state index contributed by atoms with van der Waals surface area (Å²) in [7, 11) is 0. The topological polar surface area (TPSA) is 84.5 Å². The van der Waals surface area contributed by atoms with Crippen LogP contribution in [0.3, 0.4) is 0 Å². The van der Waals surface area contributed by atoms with Crippen molar-refractivity contribution in [2.75, 3.05) is 13.2 Å². The lowest BCUT2D eigenvalue weighted by Crippen LogP contribution is -2.43. The summed E-state index contributed by atoms with van der Waals surface area (Å²) < 4.78 is 18.7. The van der Waals surface area contributed by atoms with Crippen molar-refractivity contribution in [3.8, 4) is 0 Å². The Morgan fingerprint density at radius 1 is 1.24 bits per heavy atom. The van der Waals surface area contributed by atoms with Crippen LogP contribution in [0.2, 0.25) is 0 Å². The average molecular weight is 350 g/mol. The number of nitrogens with one attached hydrogen (secondary N) is 2. The number of urea groups is 1. The highest BCUT2D eigenvalue weighted by atomic mass is 19.1. The minimum Gasteiger partial charge on any atom is -0.455 e. The summed E-state index contributed by atoms with van der Waals surface area (Å²) in [6.07, 6.45) is 3.50. The van der Waals surface area contributed by atoms with Crippen LogP contribution in [0.4, 0.5) is 9.18 Å². The summed E-state index contributed by atoms with van der Waals surface area (Å²) in [6.45, 7) is 1.79. The Hall–Kier alpha value is -2.44. The van der Waals surface area contributed by atoms with Crippen molar-refractivity contribution >= 4 is 17.9 Å². The molecular formula is C18H23FN2O4. The first kappa shape index (κ1) is 18.9. The number of benzene rings is 1. The summed E-state index contributed by atoms with van der Waals surface area (Å²) in [5.41, 5.74) is -0.358. The molecule has 7 heteroatoms. The molecule has 3 amide bonds. The zero-order chi connectivity index (χ0) is 18.3. The molecule has 1 aliphatic rings. The minimum atomic E-state index is -0.924. The Balaban J connectivity index is 1.97. The van der Waals surface area contributed by atoms with Gasteiger partial charge >= 0.3 is 12.0 Å². The van der Waals surface area contributed by atoms with Crippen LogP contribution in [0.15, 0.2) is 24.3 Å². The highest BCUT2D eigenvalue weighted by Gasteiger charge is 2.44. The van der Waals surface area contributed by atoms with Gasteiger partial charge in [-0.3, -0.25) is 14.9 Å². The third-order valence-corrected chi connectivity index (χ3v) is 4.35. The van der Waals surface area contributed by atoms with Gasteiger partial charge < -0.3 is 10.1 Å². The standard InChI is InChI=1S/C18H23FN2O4/c1-2-10-20-17(24)21-15(22)12-25-16(23)18(8-3-4-9-18)13-6-5-7-14(19)11-13/h5-7,11H,2-4,8-10,12H2,1H3,(H2,20,21,22,24). The molecule has 1 aromatic carbocycles. The van der Waals surface area contributed by atoms with Crippen molar-refractivity contribution in [2.45, 2.75) is 44.4 Å². The van der Waals surface area contributed by atoms with Gasteiger partial charge in [0.25, 0.3) is 5.91 Å². The zero-order valence-electron chi connectivity index (χ0n) is 14.3. The molecular weight excluding hydrogens is 327 g/mol. The summed E-state index contributed by atoms with van der Waals surface area (Å²) in [6, 6.07) is 5.30. The fraction of sp³-hybridized carbons (Fsp3) is 0.500. The molecule has 0 heterocycles. The summed E-state index contributed by atoms with van der Waals surface area (Å²) in [4.78, 5) is 35.7. The van der Waals surface area contributed by atoms with Crippen molar-refractivity contribution in [2.24, 2.45) is 0 Å². The van der Waals surface area contributed by atoms with Crippen molar-refractivity contribution in [1.29, 1.82) is 0 Å². The van der Waals surface area contributed by atoms with Gasteiger partial charge in [0, 0.05) is 6.54 Å². The first-order valence-corrected chi connectivity index (χ1v) is 8.49. The predicted molar refractivity (Wildman–Crippen MR) is 89.3 cm³/mol. The number of ether oxygens (including phenoxy) is 1. The Kier molecular flexibility index (Phi) is 6.50. The molecule has 6 nitrogen and oxygen atoms in total. The van der Waals surface area contributed by atoms with Gasteiger partial charge in [0.15, 0.2) is 6.61 Å². The van der Waals surface area contributed by atoms with E-state index in [9.17, 15) is 18.8 Å². The van der Waals surface area contributed by atoms with Crippen molar-refractivity contribution in [3.63, 3.8) is 0 Å². The van der Waals surface area contributed by atoms with Gasteiger partial charge in [0.1, 0.15) is 5.82 Å². The number of carbonyl (C=O) groups excluding carboxylic acids is 3. The molecule has 2 rings (SSSR count). The lowest BCUT2D eigenvalue weighted by molar-refractivity contribution is -0.154. The monoisotopic (exact) mass is 350 g/mol. The molecule has 136 valence electrons. The maximum Gasteiger partial charge on any atom is 0.321 e. The van der Waals surface area contributed by atoms with Gasteiger partial charge in [-0.05, 0) is 37.0 Å². The lowest BCUT2D eigenvalue weighted by Gasteiger charge is -2.27. The third kappa shape index (κ3) is 4.78. The van der Waals surface area contributed by atoms with E-state index in [0.29, 0.717) is 24.9 Å². The molecule has 0 radical (unpaired) electrons. The molecule has 0 bridgehead atoms. The maximum absolute atomic E-state index is 13.6. The predicted octanol–water partition coefficient (Wildman–Crippen LogP) is 2.42. The summed E-state index contributed by atoms with van der Waals surface area (Å²) >= 11 is 0. The van der Waals surface area contributed by atoms with Gasteiger partial charge in [-0.1, -0.05) is 31.9 Å². The van der Waals surface area contributed by atoms with E-state index >= 15 is 0 Å². The molecule has 1 fully saturated rings. The van der Waals surface area contributed by atoms with E-state index in [1.807, 2.05) is 6.92 Å². The van der Waals surface area contributed by atoms with Gasteiger partial charge in [-0.25, -0.2) is 9.18 Å². The largest absolute Gasteiger partial charge is 0.455 e. The summed E-state index contributed by atoms with van der Waals surface area (Å²) in [5, 5.41) is 4.59. The van der Waals surface area contributed by atoms with Crippen LogP contribution in [0.5, 0.6) is 0 Å². The second-order valence-corrected chi connectivity index (χ2v) is 6.18. The molecule has 1 aliphatic carbocycles. The Labute approximate surface area is 146 Å². The van der Waals surface area contributed by atoms with E-state index < -0.39 is 35.7 Å². The van der Waals surface area contributed by atoms with Gasteiger partial charge in [0.2, 0.25) is 0 Å². The van der Waals surface area contributed by atoms with E-state index in [-0.39, 0.29) is 0 Å². The number of hydrogen-bond donors (Lipinski definition) is 2. The van der Waals surface area contributed by atoms with Gasteiger partial charge in [-0.2, -0.15) is 0 Å². The number of rotatable bonds is 6. The van der Waals surface area contributed by atoms with Gasteiger partial charge in [-0.15, -0.1) is 0 Å². The van der Waals surface area contributed by atoms with Crippen molar-refractivity contribution in [3.05, 3.63) is 35.6 Å². The van der Waals surface area contributed by atoms with Crippen molar-refractivity contribution < 1.29 is 23.5 Å². The smallest absolute Gasteiger partial charge is 0.321 e. The number of halogens is 1. The second kappa shape index (κ2) is 8.60. The normalized spacial score (nSPS) is 15.4. The highest BCUT2D eigenvalue weighted by molar-refractivity contribution is 5.96. The van der Waals surface area contributed by atoms with Crippen LogP contribution in [0, 0.1) is 5.82 Å². The fourth-order valence-electron chi connectivity index (χ4n) is 3.09. The molecule has 1 aromatic rings. The highest BCUT2D eigenvalue weighted by Crippen LogP contribution is 2.42.